The van der Waals surface area contributed by atoms with Crippen LogP contribution in [0, 0.1) is 12.8 Å². The molecule has 4 rings (SSSR count). The number of nitrogens with one attached hydrogen (secondary N) is 1. The van der Waals surface area contributed by atoms with Crippen LogP contribution in [0.4, 0.5) is 5.82 Å². The van der Waals surface area contributed by atoms with Gasteiger partial charge in [0.05, 0.1) is 11.9 Å². The Hall–Kier alpha value is -3.29. The average Bonchev–Trinajstić information content (AvgIpc) is 3.33. The molecule has 144 valence electrons. The lowest BCUT2D eigenvalue weighted by Gasteiger charge is -2.19. The number of carbonyl (C=O) groups is 1. The van der Waals surface area contributed by atoms with Crippen LogP contribution in [0.1, 0.15) is 25.0 Å². The van der Waals surface area contributed by atoms with E-state index in [2.05, 4.69) is 37.6 Å². The monoisotopic (exact) mass is 377 g/mol. The summed E-state index contributed by atoms with van der Waals surface area (Å²) in [5.41, 5.74) is 2.23. The standard InChI is InChI=1S/C20H23N7O/c1-15-20(22-11-10-21-15)17-8-12-26(25-17)14-19(28)24-18-7-9-23-27(18)13-16-5-3-2-4-6-16/h2-3,7-12,16H,4-6,13-14H2,1H3,(H,24,28). The van der Waals surface area contributed by atoms with E-state index < -0.39 is 0 Å². The first kappa shape index (κ1) is 18.1. The van der Waals surface area contributed by atoms with Gasteiger partial charge in [-0.1, -0.05) is 12.2 Å². The van der Waals surface area contributed by atoms with Crippen molar-refractivity contribution in [3.05, 3.63) is 54.8 Å². The van der Waals surface area contributed by atoms with Crippen molar-refractivity contribution in [2.24, 2.45) is 5.92 Å². The molecule has 1 aliphatic rings. The third kappa shape index (κ3) is 4.16. The Morgan fingerprint density at radius 1 is 1.21 bits per heavy atom. The molecule has 1 amide bonds. The Bertz CT molecular complexity index is 988. The quantitative estimate of drug-likeness (QED) is 0.667. The van der Waals surface area contributed by atoms with E-state index in [-0.39, 0.29) is 12.5 Å². The summed E-state index contributed by atoms with van der Waals surface area (Å²) in [7, 11) is 0. The molecule has 0 spiro atoms. The van der Waals surface area contributed by atoms with Gasteiger partial charge in [0.2, 0.25) is 5.91 Å². The first-order chi connectivity index (χ1) is 13.7. The van der Waals surface area contributed by atoms with Gasteiger partial charge in [0.15, 0.2) is 0 Å². The lowest BCUT2D eigenvalue weighted by atomic mass is 9.94. The van der Waals surface area contributed by atoms with E-state index in [9.17, 15) is 4.79 Å². The minimum atomic E-state index is -0.143. The number of aryl methyl sites for hydroxylation is 1. The highest BCUT2D eigenvalue weighted by molar-refractivity contribution is 5.89. The zero-order valence-electron chi connectivity index (χ0n) is 15.8. The van der Waals surface area contributed by atoms with Crippen LogP contribution in [-0.4, -0.2) is 35.4 Å². The summed E-state index contributed by atoms with van der Waals surface area (Å²) < 4.78 is 3.48. The number of nitrogens with zero attached hydrogens (tertiary/aromatic N) is 6. The van der Waals surface area contributed by atoms with Gasteiger partial charge >= 0.3 is 0 Å². The topological polar surface area (TPSA) is 90.5 Å². The predicted octanol–water partition coefficient (Wildman–Crippen LogP) is 2.84. The number of hydrogen-bond acceptors (Lipinski definition) is 5. The Labute approximate surface area is 163 Å². The Morgan fingerprint density at radius 3 is 2.93 bits per heavy atom. The second-order valence-corrected chi connectivity index (χ2v) is 6.99. The minimum absolute atomic E-state index is 0.122. The Morgan fingerprint density at radius 2 is 2.11 bits per heavy atom. The summed E-state index contributed by atoms with van der Waals surface area (Å²) in [5, 5.41) is 11.8. The van der Waals surface area contributed by atoms with Crippen LogP contribution in [0.2, 0.25) is 0 Å². The van der Waals surface area contributed by atoms with Crippen molar-refractivity contribution in [2.45, 2.75) is 39.3 Å². The minimum Gasteiger partial charge on any atom is -0.309 e. The second-order valence-electron chi connectivity index (χ2n) is 6.99. The highest BCUT2D eigenvalue weighted by Crippen LogP contribution is 2.21. The van der Waals surface area contributed by atoms with Crippen LogP contribution in [0.25, 0.3) is 11.4 Å². The molecule has 3 heterocycles. The molecule has 0 bridgehead atoms. The molecule has 0 saturated carbocycles. The fourth-order valence-corrected chi connectivity index (χ4v) is 3.42. The van der Waals surface area contributed by atoms with Crippen LogP contribution >= 0.6 is 0 Å². The molecule has 28 heavy (non-hydrogen) atoms. The number of amides is 1. The molecule has 1 N–H and O–H groups in total. The van der Waals surface area contributed by atoms with E-state index in [0.717, 1.165) is 43.0 Å². The largest absolute Gasteiger partial charge is 0.309 e. The molecule has 0 saturated heterocycles. The summed E-state index contributed by atoms with van der Waals surface area (Å²) in [4.78, 5) is 21.0. The van der Waals surface area contributed by atoms with Crippen LogP contribution in [0.15, 0.2) is 49.1 Å². The molecule has 0 aliphatic heterocycles. The molecular formula is C20H23N7O. The van der Waals surface area contributed by atoms with Crippen LogP contribution < -0.4 is 5.32 Å². The van der Waals surface area contributed by atoms with Crippen LogP contribution in [0.5, 0.6) is 0 Å². The van der Waals surface area contributed by atoms with Crippen LogP contribution in [0.3, 0.4) is 0 Å². The summed E-state index contributed by atoms with van der Waals surface area (Å²) in [6, 6.07) is 3.67. The van der Waals surface area contributed by atoms with Gasteiger partial charge in [0.25, 0.3) is 0 Å². The molecule has 0 aromatic carbocycles. The van der Waals surface area contributed by atoms with Crippen molar-refractivity contribution in [1.29, 1.82) is 0 Å². The normalized spacial score (nSPS) is 16.2. The zero-order valence-corrected chi connectivity index (χ0v) is 15.8. The van der Waals surface area contributed by atoms with Gasteiger partial charge in [-0.15, -0.1) is 0 Å². The van der Waals surface area contributed by atoms with Crippen molar-refractivity contribution in [1.82, 2.24) is 29.5 Å². The van der Waals surface area contributed by atoms with Crippen molar-refractivity contribution >= 4 is 11.7 Å². The fraction of sp³-hybridized carbons (Fsp3) is 0.350. The zero-order chi connectivity index (χ0) is 19.3. The molecule has 8 nitrogen and oxygen atoms in total. The second kappa shape index (κ2) is 8.16. The number of anilines is 1. The number of allylic oxidation sites excluding steroid dienone is 2. The van der Waals surface area contributed by atoms with Crippen molar-refractivity contribution < 1.29 is 4.79 Å². The van der Waals surface area contributed by atoms with Gasteiger partial charge in [0.1, 0.15) is 23.8 Å². The average molecular weight is 377 g/mol. The van der Waals surface area contributed by atoms with Crippen molar-refractivity contribution in [2.75, 3.05) is 5.32 Å². The highest BCUT2D eigenvalue weighted by Gasteiger charge is 2.15. The maximum atomic E-state index is 12.5. The van der Waals surface area contributed by atoms with E-state index in [1.807, 2.05) is 23.7 Å². The maximum absolute atomic E-state index is 12.5. The molecule has 3 aromatic rings. The number of aromatic nitrogens is 6. The summed E-state index contributed by atoms with van der Waals surface area (Å²) in [6.45, 7) is 2.82. The first-order valence-corrected chi connectivity index (χ1v) is 9.47. The highest BCUT2D eigenvalue weighted by atomic mass is 16.2. The van der Waals surface area contributed by atoms with E-state index in [0.29, 0.717) is 11.6 Å². The molecule has 1 aliphatic carbocycles. The first-order valence-electron chi connectivity index (χ1n) is 9.47. The van der Waals surface area contributed by atoms with E-state index in [1.54, 1.807) is 29.5 Å². The van der Waals surface area contributed by atoms with Gasteiger partial charge in [-0.3, -0.25) is 19.4 Å². The fourth-order valence-electron chi connectivity index (χ4n) is 3.42. The third-order valence-corrected chi connectivity index (χ3v) is 4.86. The molecule has 3 aromatic heterocycles. The smallest absolute Gasteiger partial charge is 0.247 e. The summed E-state index contributed by atoms with van der Waals surface area (Å²) in [5.74, 6) is 1.14. The number of carbonyl (C=O) groups excluding carboxylic acids is 1. The van der Waals surface area contributed by atoms with Crippen molar-refractivity contribution in [3.8, 4) is 11.4 Å². The number of hydrogen-bond donors (Lipinski definition) is 1. The van der Waals surface area contributed by atoms with Crippen LogP contribution in [-0.2, 0) is 17.9 Å². The van der Waals surface area contributed by atoms with Gasteiger partial charge in [-0.25, -0.2) is 4.68 Å². The molecule has 0 radical (unpaired) electrons. The van der Waals surface area contributed by atoms with Crippen molar-refractivity contribution in [3.63, 3.8) is 0 Å². The molecule has 8 heteroatoms. The number of rotatable bonds is 6. The lowest BCUT2D eigenvalue weighted by molar-refractivity contribution is -0.116. The van der Waals surface area contributed by atoms with E-state index in [4.69, 9.17) is 0 Å². The SMILES string of the molecule is Cc1nccnc1-c1ccn(CC(=O)Nc2ccnn2CC2CC=CCC2)n1. The predicted molar refractivity (Wildman–Crippen MR) is 105 cm³/mol. The Kier molecular flexibility index (Phi) is 5.27. The van der Waals surface area contributed by atoms with E-state index in [1.165, 1.54) is 0 Å². The van der Waals surface area contributed by atoms with E-state index >= 15 is 0 Å². The molecular weight excluding hydrogens is 354 g/mol. The van der Waals surface area contributed by atoms with Gasteiger partial charge in [-0.05, 0) is 38.2 Å². The molecule has 0 fully saturated rings. The molecule has 1 atom stereocenters. The maximum Gasteiger partial charge on any atom is 0.247 e. The lowest BCUT2D eigenvalue weighted by Crippen LogP contribution is -2.22. The molecule has 1 unspecified atom stereocenters. The van der Waals surface area contributed by atoms with Gasteiger partial charge in [-0.2, -0.15) is 10.2 Å². The Balaban J connectivity index is 1.38. The summed E-state index contributed by atoms with van der Waals surface area (Å²) >= 11 is 0. The van der Waals surface area contributed by atoms with Gasteiger partial charge in [0, 0.05) is 31.2 Å². The van der Waals surface area contributed by atoms with Gasteiger partial charge < -0.3 is 5.32 Å². The summed E-state index contributed by atoms with van der Waals surface area (Å²) in [6.07, 6.45) is 14.6. The third-order valence-electron chi connectivity index (χ3n) is 4.86.